The lowest BCUT2D eigenvalue weighted by molar-refractivity contribution is 0.290. The molecule has 1 heterocycles. The fourth-order valence-electron chi connectivity index (χ4n) is 2.48. The summed E-state index contributed by atoms with van der Waals surface area (Å²) in [6, 6.07) is 3.91. The molecule has 1 saturated heterocycles. The van der Waals surface area contributed by atoms with Gasteiger partial charge in [0.15, 0.2) is 0 Å². The molecular formula is C14H23N3O3S. The molecule has 0 atom stereocenters. The van der Waals surface area contributed by atoms with Crippen LogP contribution in [0.15, 0.2) is 23.1 Å². The van der Waals surface area contributed by atoms with Crippen molar-refractivity contribution in [1.29, 1.82) is 0 Å². The van der Waals surface area contributed by atoms with Crippen LogP contribution in [-0.4, -0.2) is 44.6 Å². The minimum Gasteiger partial charge on any atom is -0.506 e. The molecular weight excluding hydrogens is 290 g/mol. The fourth-order valence-corrected chi connectivity index (χ4v) is 3.54. The van der Waals surface area contributed by atoms with Crippen molar-refractivity contribution in [3.05, 3.63) is 18.2 Å². The van der Waals surface area contributed by atoms with Crippen LogP contribution in [0.25, 0.3) is 0 Å². The predicted molar refractivity (Wildman–Crippen MR) is 82.6 cm³/mol. The summed E-state index contributed by atoms with van der Waals surface area (Å²) in [6.45, 7) is 3.16. The molecule has 0 aromatic heterocycles. The van der Waals surface area contributed by atoms with Crippen molar-refractivity contribution in [1.82, 2.24) is 9.62 Å². The smallest absolute Gasteiger partial charge is 0.240 e. The minimum atomic E-state index is -3.58. The van der Waals surface area contributed by atoms with Crippen LogP contribution >= 0.6 is 0 Å². The highest BCUT2D eigenvalue weighted by molar-refractivity contribution is 7.89. The Bertz CT molecular complexity index is 567. The van der Waals surface area contributed by atoms with Crippen molar-refractivity contribution in [3.63, 3.8) is 0 Å². The van der Waals surface area contributed by atoms with Gasteiger partial charge in [-0.25, -0.2) is 13.1 Å². The van der Waals surface area contributed by atoms with Crippen LogP contribution in [0.1, 0.15) is 25.7 Å². The highest BCUT2D eigenvalue weighted by Crippen LogP contribution is 2.22. The number of likely N-dealkylation sites (tertiary alicyclic amines) is 1. The summed E-state index contributed by atoms with van der Waals surface area (Å²) in [5, 5.41) is 9.34. The number of hydrogen-bond donors (Lipinski definition) is 3. The number of nitrogens with zero attached hydrogens (tertiary/aromatic N) is 1. The third-order valence-corrected chi connectivity index (χ3v) is 5.19. The SMILES string of the molecule is Nc1cc(S(=O)(=O)NCCN2CCCCCC2)ccc1O. The highest BCUT2D eigenvalue weighted by atomic mass is 32.2. The molecule has 0 spiro atoms. The fraction of sp³-hybridized carbons (Fsp3) is 0.571. The van der Waals surface area contributed by atoms with Crippen molar-refractivity contribution >= 4 is 15.7 Å². The van der Waals surface area contributed by atoms with E-state index in [1.165, 1.54) is 43.9 Å². The van der Waals surface area contributed by atoms with E-state index in [0.717, 1.165) is 13.1 Å². The molecule has 1 aliphatic rings. The second kappa shape index (κ2) is 7.11. The van der Waals surface area contributed by atoms with E-state index >= 15 is 0 Å². The number of benzene rings is 1. The number of anilines is 1. The maximum Gasteiger partial charge on any atom is 0.240 e. The zero-order valence-corrected chi connectivity index (χ0v) is 12.9. The van der Waals surface area contributed by atoms with E-state index < -0.39 is 10.0 Å². The summed E-state index contributed by atoms with van der Waals surface area (Å²) in [7, 11) is -3.58. The molecule has 0 amide bonds. The van der Waals surface area contributed by atoms with Gasteiger partial charge in [-0.3, -0.25) is 0 Å². The van der Waals surface area contributed by atoms with Crippen molar-refractivity contribution in [2.75, 3.05) is 31.9 Å². The number of aromatic hydroxyl groups is 1. The summed E-state index contributed by atoms with van der Waals surface area (Å²) < 4.78 is 26.9. The number of sulfonamides is 1. The first-order valence-corrected chi connectivity index (χ1v) is 8.78. The molecule has 0 bridgehead atoms. The van der Waals surface area contributed by atoms with Crippen molar-refractivity contribution in [2.24, 2.45) is 0 Å². The van der Waals surface area contributed by atoms with Gasteiger partial charge < -0.3 is 15.7 Å². The van der Waals surface area contributed by atoms with E-state index in [9.17, 15) is 13.5 Å². The van der Waals surface area contributed by atoms with E-state index in [1.807, 2.05) is 0 Å². The van der Waals surface area contributed by atoms with Gasteiger partial charge in [0.1, 0.15) is 5.75 Å². The predicted octanol–water partition coefficient (Wildman–Crippen LogP) is 1.13. The molecule has 1 fully saturated rings. The van der Waals surface area contributed by atoms with E-state index in [4.69, 9.17) is 5.73 Å². The number of rotatable bonds is 5. The molecule has 21 heavy (non-hydrogen) atoms. The molecule has 6 nitrogen and oxygen atoms in total. The number of nitrogens with two attached hydrogens (primary N) is 1. The Hall–Kier alpha value is -1.31. The lowest BCUT2D eigenvalue weighted by Gasteiger charge is -2.19. The molecule has 4 N–H and O–H groups in total. The van der Waals surface area contributed by atoms with Gasteiger partial charge in [-0.15, -0.1) is 0 Å². The first-order valence-electron chi connectivity index (χ1n) is 7.29. The summed E-state index contributed by atoms with van der Waals surface area (Å²) in [5.41, 5.74) is 5.59. The van der Waals surface area contributed by atoms with E-state index in [2.05, 4.69) is 9.62 Å². The molecule has 0 radical (unpaired) electrons. The highest BCUT2D eigenvalue weighted by Gasteiger charge is 2.16. The zero-order valence-electron chi connectivity index (χ0n) is 12.1. The molecule has 0 unspecified atom stereocenters. The van der Waals surface area contributed by atoms with Gasteiger partial charge >= 0.3 is 0 Å². The maximum atomic E-state index is 12.1. The molecule has 1 aromatic rings. The normalized spacial score (nSPS) is 17.5. The second-order valence-electron chi connectivity index (χ2n) is 5.37. The summed E-state index contributed by atoms with van der Waals surface area (Å²) in [6.07, 6.45) is 4.88. The summed E-state index contributed by atoms with van der Waals surface area (Å²) in [5.74, 6) is -0.112. The van der Waals surface area contributed by atoms with Crippen LogP contribution in [0.4, 0.5) is 5.69 Å². The average molecular weight is 313 g/mol. The summed E-state index contributed by atoms with van der Waals surface area (Å²) in [4.78, 5) is 2.37. The third-order valence-electron chi connectivity index (χ3n) is 3.73. The monoisotopic (exact) mass is 313 g/mol. The minimum absolute atomic E-state index is 0.0605. The van der Waals surface area contributed by atoms with Gasteiger partial charge in [0.2, 0.25) is 10.0 Å². The van der Waals surface area contributed by atoms with Gasteiger partial charge in [-0.1, -0.05) is 12.8 Å². The van der Waals surface area contributed by atoms with Gasteiger partial charge in [0.25, 0.3) is 0 Å². The van der Waals surface area contributed by atoms with E-state index in [1.54, 1.807) is 0 Å². The van der Waals surface area contributed by atoms with Gasteiger partial charge in [-0.05, 0) is 44.1 Å². The van der Waals surface area contributed by atoms with Crippen molar-refractivity contribution in [3.8, 4) is 5.75 Å². The Morgan fingerprint density at radius 2 is 1.86 bits per heavy atom. The standard InChI is InChI=1S/C14H23N3O3S/c15-13-11-12(5-6-14(13)18)21(19,20)16-7-10-17-8-3-1-2-4-9-17/h5-6,11,16,18H,1-4,7-10,15H2. The Kier molecular flexibility index (Phi) is 5.44. The van der Waals surface area contributed by atoms with Crippen LogP contribution in [0, 0.1) is 0 Å². The number of nitrogens with one attached hydrogen (secondary N) is 1. The number of nitrogen functional groups attached to an aromatic ring is 1. The van der Waals surface area contributed by atoms with Gasteiger partial charge in [0, 0.05) is 13.1 Å². The molecule has 7 heteroatoms. The first-order chi connectivity index (χ1) is 9.99. The quantitative estimate of drug-likeness (QED) is 0.559. The molecule has 1 aromatic carbocycles. The van der Waals surface area contributed by atoms with Gasteiger partial charge in [0.05, 0.1) is 10.6 Å². The van der Waals surface area contributed by atoms with Crippen LogP contribution in [-0.2, 0) is 10.0 Å². The number of phenolic OH excluding ortho intramolecular Hbond substituents is 1. The van der Waals surface area contributed by atoms with Crippen molar-refractivity contribution < 1.29 is 13.5 Å². The Morgan fingerprint density at radius 3 is 2.48 bits per heavy atom. The van der Waals surface area contributed by atoms with E-state index in [-0.39, 0.29) is 16.3 Å². The lowest BCUT2D eigenvalue weighted by Crippen LogP contribution is -2.35. The molecule has 1 aliphatic heterocycles. The lowest BCUT2D eigenvalue weighted by atomic mass is 10.2. The number of hydrogen-bond acceptors (Lipinski definition) is 5. The topological polar surface area (TPSA) is 95.7 Å². The third kappa shape index (κ3) is 4.59. The number of phenols is 1. The zero-order chi connectivity index (χ0) is 15.3. The second-order valence-corrected chi connectivity index (χ2v) is 7.14. The Balaban J connectivity index is 1.90. The molecule has 0 saturated carbocycles. The van der Waals surface area contributed by atoms with Crippen LogP contribution < -0.4 is 10.5 Å². The Labute approximate surface area is 126 Å². The maximum absolute atomic E-state index is 12.1. The largest absolute Gasteiger partial charge is 0.506 e. The summed E-state index contributed by atoms with van der Waals surface area (Å²) >= 11 is 0. The van der Waals surface area contributed by atoms with Crippen LogP contribution in [0.2, 0.25) is 0 Å². The van der Waals surface area contributed by atoms with Crippen molar-refractivity contribution in [2.45, 2.75) is 30.6 Å². The Morgan fingerprint density at radius 1 is 1.19 bits per heavy atom. The average Bonchev–Trinajstić information content (AvgIpc) is 2.70. The van der Waals surface area contributed by atoms with Gasteiger partial charge in [-0.2, -0.15) is 0 Å². The van der Waals surface area contributed by atoms with Crippen LogP contribution in [0.5, 0.6) is 5.75 Å². The molecule has 118 valence electrons. The molecule has 0 aliphatic carbocycles. The first kappa shape index (κ1) is 16.1. The molecule has 2 rings (SSSR count). The van der Waals surface area contributed by atoms with E-state index in [0.29, 0.717) is 13.1 Å². The van der Waals surface area contributed by atoms with Crippen LogP contribution in [0.3, 0.4) is 0 Å².